The maximum absolute atomic E-state index is 12.7. The molecular formula is C12H17FO3. The van der Waals surface area contributed by atoms with Gasteiger partial charge in [0.1, 0.15) is 11.9 Å². The summed E-state index contributed by atoms with van der Waals surface area (Å²) in [6, 6.07) is 6.01. The van der Waals surface area contributed by atoms with Gasteiger partial charge in [0.05, 0.1) is 18.8 Å². The van der Waals surface area contributed by atoms with Gasteiger partial charge in [0.25, 0.3) is 0 Å². The first-order valence-corrected chi connectivity index (χ1v) is 5.14. The van der Waals surface area contributed by atoms with Crippen molar-refractivity contribution in [2.45, 2.75) is 25.6 Å². The Morgan fingerprint density at radius 1 is 1.31 bits per heavy atom. The van der Waals surface area contributed by atoms with Crippen molar-refractivity contribution in [1.29, 1.82) is 0 Å². The van der Waals surface area contributed by atoms with Gasteiger partial charge in [0.2, 0.25) is 0 Å². The normalized spacial score (nSPS) is 13.8. The number of hydrogen-bond acceptors (Lipinski definition) is 3. The van der Waals surface area contributed by atoms with Crippen LogP contribution in [-0.4, -0.2) is 29.5 Å². The summed E-state index contributed by atoms with van der Waals surface area (Å²) in [7, 11) is 0. The molecule has 0 aliphatic heterocycles. The molecule has 0 aliphatic carbocycles. The highest BCUT2D eigenvalue weighted by molar-refractivity contribution is 5.21. The third-order valence-corrected chi connectivity index (χ3v) is 2.39. The van der Waals surface area contributed by atoms with Crippen molar-refractivity contribution in [3.05, 3.63) is 35.6 Å². The second kappa shape index (κ2) is 5.39. The molecule has 1 aromatic rings. The van der Waals surface area contributed by atoms with Crippen LogP contribution in [0.3, 0.4) is 0 Å². The highest BCUT2D eigenvalue weighted by atomic mass is 19.1. The van der Waals surface area contributed by atoms with Crippen molar-refractivity contribution in [2.75, 3.05) is 13.2 Å². The van der Waals surface area contributed by atoms with Crippen LogP contribution in [-0.2, 0) is 10.3 Å². The molecule has 16 heavy (non-hydrogen) atoms. The van der Waals surface area contributed by atoms with Gasteiger partial charge < -0.3 is 14.9 Å². The van der Waals surface area contributed by atoms with Crippen molar-refractivity contribution in [1.82, 2.24) is 0 Å². The van der Waals surface area contributed by atoms with Crippen molar-refractivity contribution < 1.29 is 19.3 Å². The van der Waals surface area contributed by atoms with Gasteiger partial charge in [0, 0.05) is 0 Å². The molecule has 0 radical (unpaired) electrons. The first-order chi connectivity index (χ1) is 7.45. The van der Waals surface area contributed by atoms with E-state index in [1.807, 2.05) is 13.8 Å². The van der Waals surface area contributed by atoms with Crippen LogP contribution in [0.1, 0.15) is 19.4 Å². The highest BCUT2D eigenvalue weighted by Gasteiger charge is 2.22. The van der Waals surface area contributed by atoms with Crippen LogP contribution < -0.4 is 0 Å². The second-order valence-corrected chi connectivity index (χ2v) is 4.16. The Morgan fingerprint density at radius 2 is 1.88 bits per heavy atom. The average molecular weight is 228 g/mol. The predicted octanol–water partition coefficient (Wildman–Crippen LogP) is 1.43. The minimum absolute atomic E-state index is 0.0425. The summed E-state index contributed by atoms with van der Waals surface area (Å²) < 4.78 is 18.2. The summed E-state index contributed by atoms with van der Waals surface area (Å²) in [5.74, 6) is -0.296. The van der Waals surface area contributed by atoms with Gasteiger partial charge in [-0.3, -0.25) is 0 Å². The molecule has 0 saturated heterocycles. The lowest BCUT2D eigenvalue weighted by molar-refractivity contribution is -0.0741. The summed E-state index contributed by atoms with van der Waals surface area (Å²) >= 11 is 0. The monoisotopic (exact) mass is 228 g/mol. The van der Waals surface area contributed by atoms with Crippen LogP contribution in [0.4, 0.5) is 4.39 Å². The van der Waals surface area contributed by atoms with Gasteiger partial charge in [-0.05, 0) is 31.5 Å². The summed E-state index contributed by atoms with van der Waals surface area (Å²) in [5.41, 5.74) is 0.197. The molecule has 90 valence electrons. The van der Waals surface area contributed by atoms with E-state index in [0.717, 1.165) is 5.56 Å². The van der Waals surface area contributed by atoms with Crippen LogP contribution in [0.5, 0.6) is 0 Å². The van der Waals surface area contributed by atoms with E-state index >= 15 is 0 Å². The number of rotatable bonds is 5. The quantitative estimate of drug-likeness (QED) is 0.801. The summed E-state index contributed by atoms with van der Waals surface area (Å²) in [4.78, 5) is 0. The fourth-order valence-electron chi connectivity index (χ4n) is 1.29. The fraction of sp³-hybridized carbons (Fsp3) is 0.500. The van der Waals surface area contributed by atoms with Gasteiger partial charge in [-0.15, -0.1) is 0 Å². The fourth-order valence-corrected chi connectivity index (χ4v) is 1.29. The molecule has 1 aromatic carbocycles. The number of aliphatic hydroxyl groups excluding tert-OH is 2. The zero-order valence-corrected chi connectivity index (χ0v) is 9.48. The Bertz CT molecular complexity index is 322. The van der Waals surface area contributed by atoms with E-state index < -0.39 is 11.7 Å². The van der Waals surface area contributed by atoms with Gasteiger partial charge in [0.15, 0.2) is 0 Å². The second-order valence-electron chi connectivity index (χ2n) is 4.16. The number of halogens is 1. The largest absolute Gasteiger partial charge is 0.394 e. The van der Waals surface area contributed by atoms with E-state index in [0.29, 0.717) is 0 Å². The molecule has 0 bridgehead atoms. The lowest BCUT2D eigenvalue weighted by atomic mass is 9.98. The number of ether oxygens (including phenoxy) is 1. The molecule has 0 amide bonds. The van der Waals surface area contributed by atoms with Crippen LogP contribution >= 0.6 is 0 Å². The summed E-state index contributed by atoms with van der Waals surface area (Å²) in [6.45, 7) is 3.36. The van der Waals surface area contributed by atoms with Gasteiger partial charge >= 0.3 is 0 Å². The lowest BCUT2D eigenvalue weighted by Gasteiger charge is -2.27. The molecule has 2 N–H and O–H groups in total. The molecule has 0 aliphatic rings. The van der Waals surface area contributed by atoms with E-state index in [1.54, 1.807) is 12.1 Å². The molecule has 0 saturated carbocycles. The Kier molecular flexibility index (Phi) is 4.41. The molecule has 4 heteroatoms. The molecule has 0 fully saturated rings. The molecule has 1 unspecified atom stereocenters. The molecular weight excluding hydrogens is 211 g/mol. The zero-order valence-electron chi connectivity index (χ0n) is 9.48. The van der Waals surface area contributed by atoms with Gasteiger partial charge in [-0.1, -0.05) is 12.1 Å². The van der Waals surface area contributed by atoms with Crippen molar-refractivity contribution in [2.24, 2.45) is 0 Å². The Balaban J connectivity index is 2.66. The Labute approximate surface area is 94.5 Å². The molecule has 0 heterocycles. The third kappa shape index (κ3) is 3.56. The molecule has 3 nitrogen and oxygen atoms in total. The minimum atomic E-state index is -0.889. The summed E-state index contributed by atoms with van der Waals surface area (Å²) in [5, 5.41) is 17.8. The van der Waals surface area contributed by atoms with Crippen LogP contribution in [0.2, 0.25) is 0 Å². The topological polar surface area (TPSA) is 49.7 Å². The van der Waals surface area contributed by atoms with E-state index in [9.17, 15) is 9.50 Å². The zero-order chi connectivity index (χ0) is 12.2. The molecule has 0 aromatic heterocycles. The number of hydrogen-bond donors (Lipinski definition) is 2. The highest BCUT2D eigenvalue weighted by Crippen LogP contribution is 2.24. The average Bonchev–Trinajstić information content (AvgIpc) is 2.26. The Morgan fingerprint density at radius 3 is 2.38 bits per heavy atom. The number of aliphatic hydroxyl groups is 2. The smallest absolute Gasteiger partial charge is 0.123 e. The van der Waals surface area contributed by atoms with E-state index in [4.69, 9.17) is 9.84 Å². The van der Waals surface area contributed by atoms with E-state index in [1.165, 1.54) is 12.1 Å². The third-order valence-electron chi connectivity index (χ3n) is 2.39. The lowest BCUT2D eigenvalue weighted by Crippen LogP contribution is -2.28. The SMILES string of the molecule is CC(C)(OCC(O)CO)c1ccc(F)cc1. The first kappa shape index (κ1) is 13.1. The molecule has 1 rings (SSSR count). The first-order valence-electron chi connectivity index (χ1n) is 5.14. The molecule has 0 spiro atoms. The van der Waals surface area contributed by atoms with Gasteiger partial charge in [-0.2, -0.15) is 0 Å². The molecule has 1 atom stereocenters. The van der Waals surface area contributed by atoms with Crippen LogP contribution in [0.25, 0.3) is 0 Å². The van der Waals surface area contributed by atoms with Crippen molar-refractivity contribution >= 4 is 0 Å². The van der Waals surface area contributed by atoms with E-state index in [2.05, 4.69) is 0 Å². The van der Waals surface area contributed by atoms with Crippen molar-refractivity contribution in [3.8, 4) is 0 Å². The van der Waals surface area contributed by atoms with Crippen LogP contribution in [0.15, 0.2) is 24.3 Å². The maximum Gasteiger partial charge on any atom is 0.123 e. The van der Waals surface area contributed by atoms with E-state index in [-0.39, 0.29) is 19.0 Å². The summed E-state index contributed by atoms with van der Waals surface area (Å²) in [6.07, 6.45) is -0.889. The minimum Gasteiger partial charge on any atom is -0.394 e. The Hall–Kier alpha value is -0.970. The predicted molar refractivity (Wildman–Crippen MR) is 58.5 cm³/mol. The number of benzene rings is 1. The maximum atomic E-state index is 12.7. The standard InChI is InChI=1S/C12H17FO3/c1-12(2,16-8-11(15)7-14)9-3-5-10(13)6-4-9/h3-6,11,14-15H,7-8H2,1-2H3. The van der Waals surface area contributed by atoms with Crippen LogP contribution in [0, 0.1) is 5.82 Å². The van der Waals surface area contributed by atoms with Crippen molar-refractivity contribution in [3.63, 3.8) is 0 Å². The van der Waals surface area contributed by atoms with Gasteiger partial charge in [-0.25, -0.2) is 4.39 Å².